The van der Waals surface area contributed by atoms with E-state index >= 15 is 0 Å². The number of anilines is 1. The van der Waals surface area contributed by atoms with Crippen LogP contribution in [-0.2, 0) is 15.0 Å². The Labute approximate surface area is 145 Å². The molecule has 1 saturated heterocycles. The Morgan fingerprint density at radius 3 is 2.54 bits per heavy atom. The first-order valence-electron chi connectivity index (χ1n) is 8.29. The summed E-state index contributed by atoms with van der Waals surface area (Å²) in [5.41, 5.74) is 2.66. The van der Waals surface area contributed by atoms with Crippen molar-refractivity contribution in [3.8, 4) is 0 Å². The van der Waals surface area contributed by atoms with Crippen LogP contribution in [0.4, 0.5) is 5.69 Å². The van der Waals surface area contributed by atoms with Crippen LogP contribution in [0.15, 0.2) is 18.2 Å². The van der Waals surface area contributed by atoms with Crippen LogP contribution < -0.4 is 5.32 Å². The number of rotatable bonds is 5. The van der Waals surface area contributed by atoms with Crippen LogP contribution in [-0.4, -0.2) is 49.6 Å². The molecule has 7 heteroatoms. The maximum atomic E-state index is 12.6. The number of likely N-dealkylation sites (N-methyl/N-ethyl adjacent to an activating group) is 1. The molecule has 0 saturated carbocycles. The number of aryl methyl sites for hydroxylation is 2. The molecule has 1 heterocycles. The van der Waals surface area contributed by atoms with Crippen LogP contribution in [0.3, 0.4) is 0 Å². The number of amides is 1. The van der Waals surface area contributed by atoms with E-state index in [1.165, 1.54) is 11.4 Å². The second-order valence-corrected chi connectivity index (χ2v) is 8.72. The van der Waals surface area contributed by atoms with Crippen molar-refractivity contribution in [2.45, 2.75) is 33.6 Å². The van der Waals surface area contributed by atoms with Gasteiger partial charge in [0.05, 0.1) is 6.54 Å². The van der Waals surface area contributed by atoms with Crippen molar-refractivity contribution in [2.75, 3.05) is 32.0 Å². The van der Waals surface area contributed by atoms with Crippen molar-refractivity contribution >= 4 is 21.8 Å². The summed E-state index contributed by atoms with van der Waals surface area (Å²) in [5.74, 6) is 0.0221. The fraction of sp³-hybridized carbons (Fsp3) is 0.588. The molecule has 0 bridgehead atoms. The van der Waals surface area contributed by atoms with E-state index in [1.54, 1.807) is 0 Å². The van der Waals surface area contributed by atoms with E-state index in [-0.39, 0.29) is 12.5 Å². The molecule has 1 amide bonds. The van der Waals surface area contributed by atoms with Gasteiger partial charge in [0.25, 0.3) is 10.2 Å². The van der Waals surface area contributed by atoms with E-state index in [1.807, 2.05) is 32.0 Å². The lowest BCUT2D eigenvalue weighted by molar-refractivity contribution is -0.116. The molecule has 1 N–H and O–H groups in total. The van der Waals surface area contributed by atoms with Crippen LogP contribution in [0.5, 0.6) is 0 Å². The van der Waals surface area contributed by atoms with Crippen LogP contribution in [0, 0.1) is 19.8 Å². The maximum absolute atomic E-state index is 12.6. The van der Waals surface area contributed by atoms with Gasteiger partial charge in [-0.3, -0.25) is 4.79 Å². The summed E-state index contributed by atoms with van der Waals surface area (Å²) in [5, 5.41) is 2.83. The number of hydrogen-bond donors (Lipinski definition) is 1. The average Bonchev–Trinajstić information content (AvgIpc) is 2.51. The van der Waals surface area contributed by atoms with Gasteiger partial charge < -0.3 is 5.32 Å². The zero-order valence-corrected chi connectivity index (χ0v) is 15.7. The normalized spacial score (nSPS) is 19.5. The number of hydrogen-bond acceptors (Lipinski definition) is 3. The van der Waals surface area contributed by atoms with Gasteiger partial charge in [0.2, 0.25) is 5.91 Å². The van der Waals surface area contributed by atoms with E-state index in [2.05, 4.69) is 12.2 Å². The predicted molar refractivity (Wildman–Crippen MR) is 96.1 cm³/mol. The van der Waals surface area contributed by atoms with Gasteiger partial charge in [0, 0.05) is 25.8 Å². The fourth-order valence-electron chi connectivity index (χ4n) is 3.03. The summed E-state index contributed by atoms with van der Waals surface area (Å²) in [7, 11) is -2.14. The topological polar surface area (TPSA) is 69.7 Å². The molecule has 24 heavy (non-hydrogen) atoms. The number of benzene rings is 1. The third-order valence-corrected chi connectivity index (χ3v) is 6.35. The summed E-state index contributed by atoms with van der Waals surface area (Å²) in [4.78, 5) is 12.3. The average molecular weight is 353 g/mol. The molecular formula is C17H27N3O3S. The minimum Gasteiger partial charge on any atom is -0.324 e. The lowest BCUT2D eigenvalue weighted by Crippen LogP contribution is -2.48. The van der Waals surface area contributed by atoms with Crippen molar-refractivity contribution in [2.24, 2.45) is 5.92 Å². The van der Waals surface area contributed by atoms with Gasteiger partial charge in [-0.1, -0.05) is 25.1 Å². The SMILES string of the molecule is Cc1cccc(C)c1NC(=O)CN(C)S(=O)(=O)N1CCCC(C)C1. The molecular weight excluding hydrogens is 326 g/mol. The van der Waals surface area contributed by atoms with Gasteiger partial charge in [0.1, 0.15) is 0 Å². The molecule has 1 atom stereocenters. The van der Waals surface area contributed by atoms with E-state index in [9.17, 15) is 13.2 Å². The molecule has 1 fully saturated rings. The van der Waals surface area contributed by atoms with Gasteiger partial charge in [0.15, 0.2) is 0 Å². The van der Waals surface area contributed by atoms with E-state index in [4.69, 9.17) is 0 Å². The molecule has 0 aromatic heterocycles. The highest BCUT2D eigenvalue weighted by molar-refractivity contribution is 7.86. The lowest BCUT2D eigenvalue weighted by Gasteiger charge is -2.32. The molecule has 1 unspecified atom stereocenters. The van der Waals surface area contributed by atoms with Gasteiger partial charge in [-0.05, 0) is 43.7 Å². The molecule has 0 spiro atoms. The van der Waals surface area contributed by atoms with E-state index in [0.717, 1.165) is 34.0 Å². The Kier molecular flexibility index (Phi) is 6.01. The number of nitrogens with one attached hydrogen (secondary N) is 1. The Hall–Kier alpha value is -1.44. The number of nitrogens with zero attached hydrogens (tertiary/aromatic N) is 2. The standard InChI is InChI=1S/C17H27N3O3S/c1-13-7-6-10-20(11-13)24(22,23)19(4)12-16(21)18-17-14(2)8-5-9-15(17)3/h5,8-9,13H,6-7,10-12H2,1-4H3,(H,18,21). The summed E-state index contributed by atoms with van der Waals surface area (Å²) in [6.07, 6.45) is 1.91. The first-order chi connectivity index (χ1) is 11.2. The molecule has 1 aromatic rings. The zero-order valence-electron chi connectivity index (χ0n) is 14.9. The first-order valence-corrected chi connectivity index (χ1v) is 9.69. The third-order valence-electron chi connectivity index (χ3n) is 4.45. The molecule has 0 radical (unpaired) electrons. The summed E-state index contributed by atoms with van der Waals surface area (Å²) in [6.45, 7) is 6.73. The van der Waals surface area contributed by atoms with Gasteiger partial charge >= 0.3 is 0 Å². The number of carbonyl (C=O) groups excluding carboxylic acids is 1. The Morgan fingerprint density at radius 1 is 1.33 bits per heavy atom. The van der Waals surface area contributed by atoms with Gasteiger partial charge in [-0.25, -0.2) is 0 Å². The van der Waals surface area contributed by atoms with E-state index < -0.39 is 10.2 Å². The quantitative estimate of drug-likeness (QED) is 0.882. The predicted octanol–water partition coefficient (Wildman–Crippen LogP) is 2.15. The molecule has 1 aromatic carbocycles. The zero-order chi connectivity index (χ0) is 17.9. The summed E-state index contributed by atoms with van der Waals surface area (Å²) in [6, 6.07) is 5.75. The highest BCUT2D eigenvalue weighted by Gasteiger charge is 2.31. The second-order valence-electron chi connectivity index (χ2n) is 6.68. The maximum Gasteiger partial charge on any atom is 0.282 e. The highest BCUT2D eigenvalue weighted by Crippen LogP contribution is 2.21. The van der Waals surface area contributed by atoms with Crippen molar-refractivity contribution in [1.29, 1.82) is 0 Å². The Balaban J connectivity index is 2.03. The van der Waals surface area contributed by atoms with Gasteiger partial charge in [-0.2, -0.15) is 17.0 Å². The van der Waals surface area contributed by atoms with Crippen LogP contribution >= 0.6 is 0 Å². The third kappa shape index (κ3) is 4.34. The van der Waals surface area contributed by atoms with Crippen LogP contribution in [0.2, 0.25) is 0 Å². The van der Waals surface area contributed by atoms with Crippen LogP contribution in [0.25, 0.3) is 0 Å². The van der Waals surface area contributed by atoms with Gasteiger partial charge in [-0.15, -0.1) is 0 Å². The highest BCUT2D eigenvalue weighted by atomic mass is 32.2. The fourth-order valence-corrected chi connectivity index (χ4v) is 4.50. The number of carbonyl (C=O) groups is 1. The smallest absolute Gasteiger partial charge is 0.282 e. The molecule has 1 aliphatic rings. The van der Waals surface area contributed by atoms with Crippen molar-refractivity contribution in [3.05, 3.63) is 29.3 Å². The Bertz CT molecular complexity index is 683. The summed E-state index contributed by atoms with van der Waals surface area (Å²) >= 11 is 0. The molecule has 2 rings (SSSR count). The van der Waals surface area contributed by atoms with Crippen molar-refractivity contribution in [3.63, 3.8) is 0 Å². The molecule has 1 aliphatic heterocycles. The van der Waals surface area contributed by atoms with Crippen LogP contribution in [0.1, 0.15) is 30.9 Å². The lowest BCUT2D eigenvalue weighted by atomic mass is 10.0. The number of piperidine rings is 1. The van der Waals surface area contributed by atoms with Crippen molar-refractivity contribution in [1.82, 2.24) is 8.61 Å². The number of para-hydroxylation sites is 1. The monoisotopic (exact) mass is 353 g/mol. The molecule has 0 aliphatic carbocycles. The summed E-state index contributed by atoms with van der Waals surface area (Å²) < 4.78 is 27.9. The minimum atomic E-state index is -3.60. The second kappa shape index (κ2) is 7.63. The minimum absolute atomic E-state index is 0.193. The Morgan fingerprint density at radius 2 is 1.96 bits per heavy atom. The molecule has 134 valence electrons. The first kappa shape index (κ1) is 18.9. The van der Waals surface area contributed by atoms with E-state index in [0.29, 0.717) is 19.0 Å². The van der Waals surface area contributed by atoms with Crippen molar-refractivity contribution < 1.29 is 13.2 Å². The largest absolute Gasteiger partial charge is 0.324 e. The molecule has 6 nitrogen and oxygen atoms in total.